The lowest BCUT2D eigenvalue weighted by Crippen LogP contribution is -2.20. The molecule has 0 radical (unpaired) electrons. The van der Waals surface area contributed by atoms with Crippen molar-refractivity contribution in [3.05, 3.63) is 35.7 Å². The fourth-order valence-electron chi connectivity index (χ4n) is 3.07. The summed E-state index contributed by atoms with van der Waals surface area (Å²) >= 11 is 0. The van der Waals surface area contributed by atoms with E-state index < -0.39 is 0 Å². The molecular weight excluding hydrogens is 346 g/mol. The van der Waals surface area contributed by atoms with Crippen molar-refractivity contribution < 1.29 is 14.6 Å². The second-order valence-corrected chi connectivity index (χ2v) is 6.22. The molecule has 0 bridgehead atoms. The first-order valence-corrected chi connectivity index (χ1v) is 9.17. The number of fused-ring (bicyclic) bond motifs is 1. The van der Waals surface area contributed by atoms with E-state index >= 15 is 0 Å². The molecule has 8 nitrogen and oxygen atoms in total. The summed E-state index contributed by atoms with van der Waals surface area (Å²) in [5.74, 6) is 0.808. The highest BCUT2D eigenvalue weighted by atomic mass is 16.5. The number of nitrogens with zero attached hydrogens (tertiary/aromatic N) is 4. The van der Waals surface area contributed by atoms with Crippen molar-refractivity contribution in [3.8, 4) is 5.75 Å². The van der Waals surface area contributed by atoms with Gasteiger partial charge < -0.3 is 14.4 Å². The average molecular weight is 371 g/mol. The van der Waals surface area contributed by atoms with Crippen LogP contribution in [0.15, 0.2) is 24.3 Å². The highest BCUT2D eigenvalue weighted by Crippen LogP contribution is 2.28. The van der Waals surface area contributed by atoms with Crippen molar-refractivity contribution in [2.45, 2.75) is 40.3 Å². The molecule has 0 aliphatic rings. The largest absolute Gasteiger partial charge is 0.489 e. The summed E-state index contributed by atoms with van der Waals surface area (Å²) in [5, 5.41) is 16.3. The third kappa shape index (κ3) is 3.80. The van der Waals surface area contributed by atoms with Gasteiger partial charge in [0.1, 0.15) is 23.6 Å². The number of carbonyl (C=O) groups excluding carboxylic acids is 1. The lowest BCUT2D eigenvalue weighted by atomic mass is 10.3. The second-order valence-electron chi connectivity index (χ2n) is 6.22. The Bertz CT molecular complexity index is 944. The van der Waals surface area contributed by atoms with Gasteiger partial charge in [0.2, 0.25) is 5.95 Å². The van der Waals surface area contributed by atoms with Crippen LogP contribution < -0.4 is 10.1 Å². The van der Waals surface area contributed by atoms with Gasteiger partial charge in [0.25, 0.3) is 5.91 Å². The Morgan fingerprint density at radius 1 is 1.33 bits per heavy atom. The van der Waals surface area contributed by atoms with Gasteiger partial charge in [0.05, 0.1) is 17.8 Å². The van der Waals surface area contributed by atoms with Gasteiger partial charge in [-0.3, -0.25) is 14.8 Å². The molecule has 1 aromatic carbocycles. The quantitative estimate of drug-likeness (QED) is 0.635. The molecule has 144 valence electrons. The van der Waals surface area contributed by atoms with Crippen LogP contribution in [0, 0.1) is 6.92 Å². The molecule has 0 saturated carbocycles. The number of anilines is 1. The van der Waals surface area contributed by atoms with Crippen LogP contribution >= 0.6 is 0 Å². The van der Waals surface area contributed by atoms with Crippen LogP contribution in [0.5, 0.6) is 5.75 Å². The first-order valence-electron chi connectivity index (χ1n) is 9.17. The molecule has 2 aromatic heterocycles. The van der Waals surface area contributed by atoms with Crippen LogP contribution in [0.4, 0.5) is 5.95 Å². The van der Waals surface area contributed by atoms with Gasteiger partial charge in [-0.2, -0.15) is 5.10 Å². The molecule has 1 amide bonds. The molecule has 2 N–H and O–H groups in total. The van der Waals surface area contributed by atoms with Gasteiger partial charge in [-0.05, 0) is 38.5 Å². The summed E-state index contributed by atoms with van der Waals surface area (Å²) in [7, 11) is 0. The highest BCUT2D eigenvalue weighted by Gasteiger charge is 2.19. The Morgan fingerprint density at radius 3 is 2.85 bits per heavy atom. The van der Waals surface area contributed by atoms with E-state index in [9.17, 15) is 4.79 Å². The minimum atomic E-state index is -0.247. The zero-order valence-corrected chi connectivity index (χ0v) is 15.9. The molecule has 3 rings (SSSR count). The number of imidazole rings is 1. The fraction of sp³-hybridized carbons (Fsp3) is 0.421. The van der Waals surface area contributed by atoms with Crippen LogP contribution in [0.3, 0.4) is 0 Å². The molecule has 0 aliphatic carbocycles. The van der Waals surface area contributed by atoms with Crippen LogP contribution in [-0.2, 0) is 13.1 Å². The van der Waals surface area contributed by atoms with E-state index in [0.717, 1.165) is 17.6 Å². The van der Waals surface area contributed by atoms with Crippen molar-refractivity contribution >= 4 is 22.9 Å². The van der Waals surface area contributed by atoms with Crippen LogP contribution in [0.2, 0.25) is 0 Å². The number of ether oxygens (including phenoxy) is 1. The molecule has 0 atom stereocenters. The number of hydrogen-bond acceptors (Lipinski definition) is 5. The fourth-order valence-corrected chi connectivity index (χ4v) is 3.07. The van der Waals surface area contributed by atoms with E-state index in [1.165, 1.54) is 0 Å². The maximum atomic E-state index is 12.8. The molecule has 3 aromatic rings. The van der Waals surface area contributed by atoms with Gasteiger partial charge in [-0.25, -0.2) is 4.98 Å². The Balaban J connectivity index is 1.99. The summed E-state index contributed by atoms with van der Waals surface area (Å²) in [4.78, 5) is 17.4. The second kappa shape index (κ2) is 8.22. The first kappa shape index (κ1) is 18.9. The number of benzene rings is 1. The Hall–Kier alpha value is -2.87. The summed E-state index contributed by atoms with van der Waals surface area (Å²) < 4.78 is 9.24. The lowest BCUT2D eigenvalue weighted by molar-refractivity contribution is 0.101. The molecule has 8 heteroatoms. The van der Waals surface area contributed by atoms with Crippen molar-refractivity contribution in [3.63, 3.8) is 0 Å². The number of amides is 1. The Morgan fingerprint density at radius 2 is 2.15 bits per heavy atom. The molecule has 27 heavy (non-hydrogen) atoms. The predicted octanol–water partition coefficient (Wildman–Crippen LogP) is 2.59. The zero-order valence-electron chi connectivity index (χ0n) is 15.9. The van der Waals surface area contributed by atoms with Crippen molar-refractivity contribution in [2.75, 3.05) is 18.5 Å². The number of aromatic nitrogens is 4. The van der Waals surface area contributed by atoms with Crippen molar-refractivity contribution in [1.82, 2.24) is 19.3 Å². The molecule has 0 fully saturated rings. The number of aryl methyl sites for hydroxylation is 3. The number of aliphatic hydroxyl groups excluding tert-OH is 1. The van der Waals surface area contributed by atoms with Gasteiger partial charge >= 0.3 is 0 Å². The summed E-state index contributed by atoms with van der Waals surface area (Å²) in [6, 6.07) is 7.40. The summed E-state index contributed by atoms with van der Waals surface area (Å²) in [6.45, 7) is 7.31. The van der Waals surface area contributed by atoms with Crippen molar-refractivity contribution in [2.24, 2.45) is 0 Å². The Labute approximate surface area is 157 Å². The van der Waals surface area contributed by atoms with E-state index in [1.54, 1.807) is 10.7 Å². The van der Waals surface area contributed by atoms with E-state index in [4.69, 9.17) is 9.84 Å². The normalized spacial score (nSPS) is 11.1. The van der Waals surface area contributed by atoms with Crippen LogP contribution in [0.25, 0.3) is 11.0 Å². The topological polar surface area (TPSA) is 94.2 Å². The van der Waals surface area contributed by atoms with Gasteiger partial charge in [0, 0.05) is 13.1 Å². The van der Waals surface area contributed by atoms with E-state index in [-0.39, 0.29) is 19.1 Å². The average Bonchev–Trinajstić information content (AvgIpc) is 3.21. The highest BCUT2D eigenvalue weighted by molar-refractivity contribution is 6.03. The lowest BCUT2D eigenvalue weighted by Gasteiger charge is -2.09. The minimum Gasteiger partial charge on any atom is -0.489 e. The maximum absolute atomic E-state index is 12.8. The number of aliphatic hydroxyl groups is 1. The number of carbonyl (C=O) groups is 1. The molecule has 0 spiro atoms. The SMILES string of the molecule is CCCn1c(NC(=O)c2cc(C)nn2CC)nc2c(OCCO)cccc21. The molecule has 0 saturated heterocycles. The van der Waals surface area contributed by atoms with Gasteiger partial charge in [-0.15, -0.1) is 0 Å². The van der Waals surface area contributed by atoms with Crippen molar-refractivity contribution in [1.29, 1.82) is 0 Å². The predicted molar refractivity (Wildman–Crippen MR) is 103 cm³/mol. The minimum absolute atomic E-state index is 0.0734. The third-order valence-electron chi connectivity index (χ3n) is 4.20. The Kier molecular flexibility index (Phi) is 5.75. The van der Waals surface area contributed by atoms with E-state index in [1.807, 2.05) is 36.6 Å². The zero-order chi connectivity index (χ0) is 19.4. The third-order valence-corrected chi connectivity index (χ3v) is 4.20. The number of nitrogens with one attached hydrogen (secondary N) is 1. The number of rotatable bonds is 8. The summed E-state index contributed by atoms with van der Waals surface area (Å²) in [5.41, 5.74) is 2.84. The molecular formula is C19H25N5O3. The first-order chi connectivity index (χ1) is 13.1. The number of hydrogen-bond donors (Lipinski definition) is 2. The standard InChI is InChI=1S/C19H25N5O3/c1-4-9-23-14-7-6-8-16(27-11-10-25)17(14)20-19(23)21-18(26)15-12-13(3)22-24(15)5-2/h6-8,12,25H,4-5,9-11H2,1-3H3,(H,20,21,26). The monoisotopic (exact) mass is 371 g/mol. The van der Waals surface area contributed by atoms with E-state index in [2.05, 4.69) is 22.3 Å². The molecule has 0 unspecified atom stereocenters. The van der Waals surface area contributed by atoms with Gasteiger partial charge in [-0.1, -0.05) is 13.0 Å². The maximum Gasteiger partial charge on any atom is 0.276 e. The van der Waals surface area contributed by atoms with E-state index in [0.29, 0.717) is 36.0 Å². The van der Waals surface area contributed by atoms with Gasteiger partial charge in [0.15, 0.2) is 0 Å². The smallest absolute Gasteiger partial charge is 0.276 e. The molecule has 2 heterocycles. The van der Waals surface area contributed by atoms with Crippen LogP contribution in [0.1, 0.15) is 36.5 Å². The number of para-hydroxylation sites is 1. The summed E-state index contributed by atoms with van der Waals surface area (Å²) in [6.07, 6.45) is 0.891. The van der Waals surface area contributed by atoms with Crippen LogP contribution in [-0.4, -0.2) is 43.6 Å². The molecule has 0 aliphatic heterocycles.